The van der Waals surface area contributed by atoms with Crippen molar-refractivity contribution in [3.8, 4) is 17.2 Å². The molecular weight excluding hydrogens is 280 g/mol. The highest BCUT2D eigenvalue weighted by atomic mass is 16.2. The van der Waals surface area contributed by atoms with E-state index in [4.69, 9.17) is 0 Å². The molecule has 4 rings (SSSR count). The van der Waals surface area contributed by atoms with Gasteiger partial charge in [-0.3, -0.25) is 14.3 Å². The highest BCUT2D eigenvalue weighted by Gasteiger charge is 2.27. The van der Waals surface area contributed by atoms with Gasteiger partial charge in [-0.1, -0.05) is 12.1 Å². The van der Waals surface area contributed by atoms with Gasteiger partial charge in [0.1, 0.15) is 5.69 Å². The maximum atomic E-state index is 12.5. The lowest BCUT2D eigenvalue weighted by atomic mass is 10.1. The molecule has 1 aromatic carbocycles. The number of para-hydroxylation sites is 1. The molecule has 108 valence electrons. The summed E-state index contributed by atoms with van der Waals surface area (Å²) in [4.78, 5) is 22.5. The van der Waals surface area contributed by atoms with Gasteiger partial charge in [-0.15, -0.1) is 10.2 Å². The van der Waals surface area contributed by atoms with Crippen molar-refractivity contribution in [3.63, 3.8) is 0 Å². The summed E-state index contributed by atoms with van der Waals surface area (Å²) in [6.45, 7) is 0.390. The van der Waals surface area contributed by atoms with Gasteiger partial charge in [-0.05, 0) is 12.1 Å². The molecule has 0 bridgehead atoms. The fourth-order valence-corrected chi connectivity index (χ4v) is 2.59. The first-order chi connectivity index (χ1) is 10.8. The van der Waals surface area contributed by atoms with E-state index in [0.29, 0.717) is 29.5 Å². The Balaban J connectivity index is 2.02. The molecule has 22 heavy (non-hydrogen) atoms. The zero-order valence-electron chi connectivity index (χ0n) is 11.8. The summed E-state index contributed by atoms with van der Waals surface area (Å²) in [5, 5.41) is 8.47. The Morgan fingerprint density at radius 2 is 2.00 bits per heavy atom. The minimum Gasteiger partial charge on any atom is -0.334 e. The SMILES string of the molecule is CN1Cc2nnc(-c3cnccn3)n2-c2ccccc2C1=O. The normalized spacial score (nSPS) is 13.5. The first-order valence-corrected chi connectivity index (χ1v) is 6.81. The van der Waals surface area contributed by atoms with Gasteiger partial charge in [-0.2, -0.15) is 0 Å². The van der Waals surface area contributed by atoms with Crippen molar-refractivity contribution in [2.45, 2.75) is 6.54 Å². The van der Waals surface area contributed by atoms with E-state index in [1.165, 1.54) is 0 Å². The fourth-order valence-electron chi connectivity index (χ4n) is 2.59. The molecule has 2 aromatic heterocycles. The van der Waals surface area contributed by atoms with Crippen molar-refractivity contribution < 1.29 is 4.79 Å². The molecule has 7 heteroatoms. The average molecular weight is 292 g/mol. The molecule has 0 spiro atoms. The Morgan fingerprint density at radius 3 is 2.82 bits per heavy atom. The summed E-state index contributed by atoms with van der Waals surface area (Å²) in [6.07, 6.45) is 4.85. The fraction of sp³-hybridized carbons (Fsp3) is 0.133. The number of aromatic nitrogens is 5. The molecule has 3 heterocycles. The van der Waals surface area contributed by atoms with Crippen LogP contribution in [0, 0.1) is 0 Å². The molecule has 3 aromatic rings. The summed E-state index contributed by atoms with van der Waals surface area (Å²) >= 11 is 0. The molecular formula is C15H12N6O. The lowest BCUT2D eigenvalue weighted by Gasteiger charge is -2.12. The van der Waals surface area contributed by atoms with Gasteiger partial charge in [0.25, 0.3) is 5.91 Å². The average Bonchev–Trinajstić information content (AvgIpc) is 2.94. The van der Waals surface area contributed by atoms with E-state index in [0.717, 1.165) is 5.69 Å². The minimum atomic E-state index is -0.0359. The Morgan fingerprint density at radius 1 is 1.14 bits per heavy atom. The third-order valence-electron chi connectivity index (χ3n) is 3.62. The van der Waals surface area contributed by atoms with E-state index in [-0.39, 0.29) is 5.91 Å². The highest BCUT2D eigenvalue weighted by Crippen LogP contribution is 2.27. The number of fused-ring (bicyclic) bond motifs is 3. The van der Waals surface area contributed by atoms with Crippen molar-refractivity contribution in [3.05, 3.63) is 54.2 Å². The van der Waals surface area contributed by atoms with Crippen LogP contribution < -0.4 is 0 Å². The quantitative estimate of drug-likeness (QED) is 0.676. The van der Waals surface area contributed by atoms with E-state index in [1.54, 1.807) is 30.5 Å². The lowest BCUT2D eigenvalue weighted by molar-refractivity contribution is 0.0786. The number of carbonyl (C=O) groups excluding carboxylic acids is 1. The number of nitrogens with zero attached hydrogens (tertiary/aromatic N) is 6. The molecule has 7 nitrogen and oxygen atoms in total. The molecule has 1 aliphatic heterocycles. The van der Waals surface area contributed by atoms with Crippen molar-refractivity contribution in [1.29, 1.82) is 0 Å². The Kier molecular flexibility index (Phi) is 2.72. The second-order valence-corrected chi connectivity index (χ2v) is 5.04. The van der Waals surface area contributed by atoms with Crippen LogP contribution in [0.25, 0.3) is 17.2 Å². The Hall–Kier alpha value is -3.09. The van der Waals surface area contributed by atoms with Gasteiger partial charge in [0, 0.05) is 19.4 Å². The van der Waals surface area contributed by atoms with Crippen LogP contribution in [0.5, 0.6) is 0 Å². The number of rotatable bonds is 1. The van der Waals surface area contributed by atoms with Crippen LogP contribution in [0.4, 0.5) is 0 Å². The van der Waals surface area contributed by atoms with Crippen LogP contribution in [0.3, 0.4) is 0 Å². The Bertz CT molecular complexity index is 857. The van der Waals surface area contributed by atoms with Crippen LogP contribution >= 0.6 is 0 Å². The number of carbonyl (C=O) groups is 1. The van der Waals surface area contributed by atoms with Gasteiger partial charge in [-0.25, -0.2) is 4.98 Å². The van der Waals surface area contributed by atoms with Crippen molar-refractivity contribution >= 4 is 5.91 Å². The van der Waals surface area contributed by atoms with Gasteiger partial charge >= 0.3 is 0 Å². The molecule has 0 atom stereocenters. The molecule has 0 aliphatic carbocycles. The van der Waals surface area contributed by atoms with Crippen molar-refractivity contribution in [2.75, 3.05) is 7.05 Å². The Labute approximate surface area is 126 Å². The maximum absolute atomic E-state index is 12.5. The predicted octanol–water partition coefficient (Wildman–Crippen LogP) is 1.31. The van der Waals surface area contributed by atoms with E-state index < -0.39 is 0 Å². The molecule has 0 radical (unpaired) electrons. The minimum absolute atomic E-state index is 0.0359. The summed E-state index contributed by atoms with van der Waals surface area (Å²) in [5.74, 6) is 1.24. The van der Waals surface area contributed by atoms with Gasteiger partial charge < -0.3 is 4.90 Å². The first-order valence-electron chi connectivity index (χ1n) is 6.81. The summed E-state index contributed by atoms with van der Waals surface area (Å²) in [5.41, 5.74) is 2.00. The third-order valence-corrected chi connectivity index (χ3v) is 3.62. The zero-order valence-corrected chi connectivity index (χ0v) is 11.8. The zero-order chi connectivity index (χ0) is 15.1. The van der Waals surface area contributed by atoms with E-state index in [9.17, 15) is 4.79 Å². The predicted molar refractivity (Wildman–Crippen MR) is 78.2 cm³/mol. The highest BCUT2D eigenvalue weighted by molar-refractivity contribution is 5.98. The smallest absolute Gasteiger partial charge is 0.256 e. The summed E-state index contributed by atoms with van der Waals surface area (Å²) in [6, 6.07) is 7.44. The number of hydrogen-bond acceptors (Lipinski definition) is 5. The molecule has 1 amide bonds. The lowest BCUT2D eigenvalue weighted by Crippen LogP contribution is -2.25. The van der Waals surface area contributed by atoms with Crippen molar-refractivity contribution in [2.24, 2.45) is 0 Å². The standard InChI is InChI=1S/C15H12N6O/c1-20-9-13-18-19-14(11-8-16-6-7-17-11)21(13)12-5-3-2-4-10(12)15(20)22/h2-8H,9H2,1H3. The largest absolute Gasteiger partial charge is 0.334 e. The van der Waals surface area contributed by atoms with Crippen molar-refractivity contribution in [1.82, 2.24) is 29.6 Å². The van der Waals surface area contributed by atoms with Crippen LogP contribution in [0.15, 0.2) is 42.9 Å². The monoisotopic (exact) mass is 292 g/mol. The summed E-state index contributed by atoms with van der Waals surface area (Å²) in [7, 11) is 1.76. The second-order valence-electron chi connectivity index (χ2n) is 5.04. The van der Waals surface area contributed by atoms with Gasteiger partial charge in [0.15, 0.2) is 11.6 Å². The second kappa shape index (κ2) is 4.73. The van der Waals surface area contributed by atoms with Gasteiger partial charge in [0.2, 0.25) is 0 Å². The first kappa shape index (κ1) is 12.6. The van der Waals surface area contributed by atoms with Crippen LogP contribution in [-0.2, 0) is 6.54 Å². The van der Waals surface area contributed by atoms with E-state index in [2.05, 4.69) is 20.2 Å². The molecule has 1 aliphatic rings. The maximum Gasteiger partial charge on any atom is 0.256 e. The van der Waals surface area contributed by atoms with Crippen LogP contribution in [0.1, 0.15) is 16.2 Å². The molecule has 0 unspecified atom stereocenters. The number of benzene rings is 1. The topological polar surface area (TPSA) is 76.8 Å². The van der Waals surface area contributed by atoms with Crippen LogP contribution in [0.2, 0.25) is 0 Å². The molecule has 0 saturated heterocycles. The molecule has 0 fully saturated rings. The van der Waals surface area contributed by atoms with Gasteiger partial charge in [0.05, 0.1) is 24.0 Å². The van der Waals surface area contributed by atoms with E-state index in [1.807, 2.05) is 28.8 Å². The molecule has 0 N–H and O–H groups in total. The van der Waals surface area contributed by atoms with E-state index >= 15 is 0 Å². The summed E-state index contributed by atoms with van der Waals surface area (Å²) < 4.78 is 1.88. The van der Waals surface area contributed by atoms with Crippen LogP contribution in [-0.4, -0.2) is 42.6 Å². The molecule has 0 saturated carbocycles. The number of amides is 1. The third kappa shape index (κ3) is 1.79. The number of hydrogen-bond donors (Lipinski definition) is 0.